The minimum atomic E-state index is -0.492. The van der Waals surface area contributed by atoms with Crippen molar-refractivity contribution in [2.75, 3.05) is 19.6 Å². The number of aromatic nitrogens is 2. The number of hydrogen-bond acceptors (Lipinski definition) is 5. The van der Waals surface area contributed by atoms with Crippen molar-refractivity contribution in [3.63, 3.8) is 0 Å². The van der Waals surface area contributed by atoms with Crippen molar-refractivity contribution >= 4 is 11.6 Å². The third kappa shape index (κ3) is 4.03. The van der Waals surface area contributed by atoms with Gasteiger partial charge < -0.3 is 15.2 Å². The second kappa shape index (κ2) is 7.54. The molecular formula is C15H21ClN4O. The van der Waals surface area contributed by atoms with Crippen molar-refractivity contribution < 1.29 is 4.52 Å². The van der Waals surface area contributed by atoms with Crippen LogP contribution in [0.25, 0.3) is 0 Å². The normalized spacial score (nSPS) is 12.8. The zero-order chi connectivity index (χ0) is 15.2. The molecule has 0 aliphatic heterocycles. The molecule has 2 aromatic rings. The average molecular weight is 309 g/mol. The van der Waals surface area contributed by atoms with Gasteiger partial charge in [-0.2, -0.15) is 4.98 Å². The van der Waals surface area contributed by atoms with Gasteiger partial charge in [0.15, 0.2) is 5.82 Å². The van der Waals surface area contributed by atoms with Crippen molar-refractivity contribution in [3.8, 4) is 0 Å². The van der Waals surface area contributed by atoms with Gasteiger partial charge in [-0.3, -0.25) is 0 Å². The molecule has 0 amide bonds. The van der Waals surface area contributed by atoms with Crippen LogP contribution in [-0.2, 0) is 6.42 Å². The second-order valence-electron chi connectivity index (χ2n) is 4.82. The molecule has 0 aliphatic rings. The molecule has 114 valence electrons. The summed E-state index contributed by atoms with van der Waals surface area (Å²) in [5.74, 6) is 1.08. The lowest BCUT2D eigenvalue weighted by Crippen LogP contribution is -2.25. The molecule has 1 aromatic carbocycles. The van der Waals surface area contributed by atoms with Crippen molar-refractivity contribution in [2.45, 2.75) is 26.3 Å². The monoisotopic (exact) mass is 308 g/mol. The van der Waals surface area contributed by atoms with E-state index in [1.165, 1.54) is 0 Å². The summed E-state index contributed by atoms with van der Waals surface area (Å²) in [5.41, 5.74) is 6.94. The summed E-state index contributed by atoms with van der Waals surface area (Å²) in [6, 6.07) is 6.93. The van der Waals surface area contributed by atoms with Crippen LogP contribution in [-0.4, -0.2) is 34.7 Å². The molecule has 6 heteroatoms. The summed E-state index contributed by atoms with van der Waals surface area (Å²) >= 11 is 6.14. The highest BCUT2D eigenvalue weighted by Gasteiger charge is 2.19. The SMILES string of the molecule is CCN(CC)CCc1noc([C@H](N)c2ccccc2Cl)n1. The number of hydrogen-bond donors (Lipinski definition) is 1. The van der Waals surface area contributed by atoms with Crippen molar-refractivity contribution in [1.82, 2.24) is 15.0 Å². The Labute approximate surface area is 130 Å². The van der Waals surface area contributed by atoms with Crippen LogP contribution < -0.4 is 5.73 Å². The minimum Gasteiger partial charge on any atom is -0.337 e. The van der Waals surface area contributed by atoms with Gasteiger partial charge in [0.1, 0.15) is 6.04 Å². The Morgan fingerprint density at radius 2 is 2.00 bits per heavy atom. The Morgan fingerprint density at radius 3 is 2.67 bits per heavy atom. The van der Waals surface area contributed by atoms with E-state index in [0.717, 1.165) is 31.6 Å². The van der Waals surface area contributed by atoms with E-state index in [1.807, 2.05) is 18.2 Å². The molecule has 2 N–H and O–H groups in total. The smallest absolute Gasteiger partial charge is 0.248 e. The first-order valence-corrected chi connectivity index (χ1v) is 7.58. The quantitative estimate of drug-likeness (QED) is 0.851. The number of halogens is 1. The van der Waals surface area contributed by atoms with Crippen molar-refractivity contribution in [3.05, 3.63) is 46.6 Å². The Bertz CT molecular complexity index is 568. The Kier molecular flexibility index (Phi) is 5.73. The largest absolute Gasteiger partial charge is 0.337 e. The minimum absolute atomic E-state index is 0.401. The molecule has 0 unspecified atom stereocenters. The molecule has 1 heterocycles. The maximum atomic E-state index is 6.15. The average Bonchev–Trinajstić information content (AvgIpc) is 2.97. The Balaban J connectivity index is 2.04. The maximum Gasteiger partial charge on any atom is 0.248 e. The Hall–Kier alpha value is -1.43. The fourth-order valence-corrected chi connectivity index (χ4v) is 2.41. The molecular weight excluding hydrogens is 288 g/mol. The summed E-state index contributed by atoms with van der Waals surface area (Å²) in [7, 11) is 0. The van der Waals surface area contributed by atoms with E-state index in [0.29, 0.717) is 16.7 Å². The molecule has 0 radical (unpaired) electrons. The summed E-state index contributed by atoms with van der Waals surface area (Å²) in [4.78, 5) is 6.69. The fourth-order valence-electron chi connectivity index (χ4n) is 2.15. The zero-order valence-electron chi connectivity index (χ0n) is 12.4. The number of nitrogens with zero attached hydrogens (tertiary/aromatic N) is 3. The third-order valence-electron chi connectivity index (χ3n) is 3.54. The third-order valence-corrected chi connectivity index (χ3v) is 3.88. The molecule has 0 fully saturated rings. The lowest BCUT2D eigenvalue weighted by Gasteiger charge is -2.16. The summed E-state index contributed by atoms with van der Waals surface area (Å²) < 4.78 is 5.27. The topological polar surface area (TPSA) is 68.2 Å². The standard InChI is InChI=1S/C15H21ClN4O/c1-3-20(4-2)10-9-13-18-15(21-19-13)14(17)11-7-5-6-8-12(11)16/h5-8,14H,3-4,9-10,17H2,1-2H3/t14-/m1/s1. The van der Waals surface area contributed by atoms with Crippen LogP contribution in [0.4, 0.5) is 0 Å². The van der Waals surface area contributed by atoms with Crippen LogP contribution in [0.15, 0.2) is 28.8 Å². The maximum absolute atomic E-state index is 6.15. The molecule has 5 nitrogen and oxygen atoms in total. The highest BCUT2D eigenvalue weighted by Crippen LogP contribution is 2.25. The first-order chi connectivity index (χ1) is 10.2. The van der Waals surface area contributed by atoms with E-state index in [1.54, 1.807) is 6.07 Å². The van der Waals surface area contributed by atoms with E-state index in [4.69, 9.17) is 21.9 Å². The molecule has 0 aliphatic carbocycles. The van der Waals surface area contributed by atoms with Crippen LogP contribution in [0.3, 0.4) is 0 Å². The molecule has 21 heavy (non-hydrogen) atoms. The number of benzene rings is 1. The van der Waals surface area contributed by atoms with Crippen LogP contribution in [0.1, 0.15) is 37.2 Å². The van der Waals surface area contributed by atoms with Gasteiger partial charge in [-0.15, -0.1) is 0 Å². The van der Waals surface area contributed by atoms with Gasteiger partial charge in [0.25, 0.3) is 0 Å². The van der Waals surface area contributed by atoms with E-state index in [-0.39, 0.29) is 0 Å². The van der Waals surface area contributed by atoms with Crippen molar-refractivity contribution in [1.29, 1.82) is 0 Å². The molecule has 2 rings (SSSR count). The van der Waals surface area contributed by atoms with E-state index >= 15 is 0 Å². The number of likely N-dealkylation sites (N-methyl/N-ethyl adjacent to an activating group) is 1. The van der Waals surface area contributed by atoms with Crippen LogP contribution in [0.2, 0.25) is 5.02 Å². The molecule has 0 spiro atoms. The lowest BCUT2D eigenvalue weighted by atomic mass is 10.1. The van der Waals surface area contributed by atoms with Gasteiger partial charge in [0, 0.05) is 18.0 Å². The van der Waals surface area contributed by atoms with Gasteiger partial charge in [-0.25, -0.2) is 0 Å². The highest BCUT2D eigenvalue weighted by molar-refractivity contribution is 6.31. The van der Waals surface area contributed by atoms with Gasteiger partial charge in [-0.1, -0.05) is 48.8 Å². The van der Waals surface area contributed by atoms with Crippen LogP contribution in [0.5, 0.6) is 0 Å². The molecule has 0 saturated heterocycles. The fraction of sp³-hybridized carbons (Fsp3) is 0.467. The van der Waals surface area contributed by atoms with E-state index in [2.05, 4.69) is 28.9 Å². The van der Waals surface area contributed by atoms with E-state index in [9.17, 15) is 0 Å². The summed E-state index contributed by atoms with van der Waals surface area (Å²) in [5, 5.41) is 4.60. The molecule has 0 saturated carbocycles. The first-order valence-electron chi connectivity index (χ1n) is 7.20. The van der Waals surface area contributed by atoms with Gasteiger partial charge in [-0.05, 0) is 24.7 Å². The van der Waals surface area contributed by atoms with Crippen LogP contribution in [0, 0.1) is 0 Å². The van der Waals surface area contributed by atoms with E-state index < -0.39 is 6.04 Å². The highest BCUT2D eigenvalue weighted by atomic mass is 35.5. The van der Waals surface area contributed by atoms with Gasteiger partial charge in [0.05, 0.1) is 0 Å². The predicted molar refractivity (Wildman–Crippen MR) is 83.3 cm³/mol. The second-order valence-corrected chi connectivity index (χ2v) is 5.23. The van der Waals surface area contributed by atoms with Crippen molar-refractivity contribution in [2.24, 2.45) is 5.73 Å². The summed E-state index contributed by atoms with van der Waals surface area (Å²) in [6.07, 6.45) is 0.750. The number of rotatable bonds is 7. The molecule has 0 bridgehead atoms. The van der Waals surface area contributed by atoms with Gasteiger partial charge in [0.2, 0.25) is 5.89 Å². The Morgan fingerprint density at radius 1 is 1.29 bits per heavy atom. The first kappa shape index (κ1) is 15.9. The lowest BCUT2D eigenvalue weighted by molar-refractivity contribution is 0.302. The number of nitrogens with two attached hydrogens (primary N) is 1. The summed E-state index contributed by atoms with van der Waals surface area (Å²) in [6.45, 7) is 7.21. The molecule has 1 aromatic heterocycles. The zero-order valence-corrected chi connectivity index (χ0v) is 13.2. The molecule has 1 atom stereocenters. The predicted octanol–water partition coefficient (Wildman–Crippen LogP) is 2.66. The van der Waals surface area contributed by atoms with Crippen LogP contribution >= 0.6 is 11.6 Å². The van der Waals surface area contributed by atoms with Gasteiger partial charge >= 0.3 is 0 Å².